The summed E-state index contributed by atoms with van der Waals surface area (Å²) in [7, 11) is 2.09. The number of nitrogens with zero attached hydrogens (tertiary/aromatic N) is 2. The minimum atomic E-state index is 0.470. The second-order valence-corrected chi connectivity index (χ2v) is 5.43. The summed E-state index contributed by atoms with van der Waals surface area (Å²) in [6.07, 6.45) is 3.65. The fourth-order valence-corrected chi connectivity index (χ4v) is 2.03. The fraction of sp³-hybridized carbons (Fsp3) is 0.438. The minimum Gasteiger partial charge on any atom is -0.463 e. The van der Waals surface area contributed by atoms with Crippen LogP contribution in [0.1, 0.15) is 30.9 Å². The van der Waals surface area contributed by atoms with Crippen molar-refractivity contribution in [2.45, 2.75) is 39.5 Å². The number of pyridine rings is 1. The summed E-state index contributed by atoms with van der Waals surface area (Å²) in [6.45, 7) is 6.75. The Labute approximate surface area is 120 Å². The molecule has 0 saturated heterocycles. The number of hydrogen-bond donors (Lipinski definition) is 1. The summed E-state index contributed by atoms with van der Waals surface area (Å²) in [5.41, 5.74) is 1.26. The van der Waals surface area contributed by atoms with Gasteiger partial charge in [-0.1, -0.05) is 13.8 Å². The Kier molecular flexibility index (Phi) is 5.32. The van der Waals surface area contributed by atoms with Crippen molar-refractivity contribution in [3.05, 3.63) is 53.7 Å². The molecule has 0 aromatic carbocycles. The van der Waals surface area contributed by atoms with Gasteiger partial charge in [-0.2, -0.15) is 0 Å². The molecule has 0 aliphatic carbocycles. The van der Waals surface area contributed by atoms with Crippen LogP contribution in [0, 0.1) is 0 Å². The quantitative estimate of drug-likeness (QED) is 0.842. The predicted octanol–water partition coefficient (Wildman–Crippen LogP) is 2.80. The third-order valence-corrected chi connectivity index (χ3v) is 3.03. The Bertz CT molecular complexity index is 507. The average Bonchev–Trinajstić information content (AvgIpc) is 2.85. The first-order chi connectivity index (χ1) is 9.63. The highest BCUT2D eigenvalue weighted by atomic mass is 16.3. The number of hydrogen-bond acceptors (Lipinski definition) is 4. The van der Waals surface area contributed by atoms with Gasteiger partial charge in [-0.25, -0.2) is 0 Å². The lowest BCUT2D eigenvalue weighted by molar-refractivity contribution is 0.282. The maximum atomic E-state index is 5.83. The average molecular weight is 273 g/mol. The Morgan fingerprint density at radius 3 is 2.50 bits per heavy atom. The Morgan fingerprint density at radius 2 is 1.80 bits per heavy atom. The SMILES string of the molecule is CC(C)NCc1ccc(CN(C)Cc2ccncc2)o1. The lowest BCUT2D eigenvalue weighted by atomic mass is 10.2. The topological polar surface area (TPSA) is 41.3 Å². The summed E-state index contributed by atoms with van der Waals surface area (Å²) < 4.78 is 5.83. The standard InChI is InChI=1S/C16H23N3O/c1-13(2)18-10-15-4-5-16(20-15)12-19(3)11-14-6-8-17-9-7-14/h4-9,13,18H,10-12H2,1-3H3. The molecular formula is C16H23N3O. The monoisotopic (exact) mass is 273 g/mol. The van der Waals surface area contributed by atoms with E-state index in [9.17, 15) is 0 Å². The van der Waals surface area contributed by atoms with Gasteiger partial charge in [0.05, 0.1) is 13.1 Å². The molecule has 0 saturated carbocycles. The van der Waals surface area contributed by atoms with Crippen molar-refractivity contribution in [1.82, 2.24) is 15.2 Å². The van der Waals surface area contributed by atoms with E-state index in [1.165, 1.54) is 5.56 Å². The zero-order valence-electron chi connectivity index (χ0n) is 12.5. The van der Waals surface area contributed by atoms with Crippen molar-refractivity contribution in [3.63, 3.8) is 0 Å². The highest BCUT2D eigenvalue weighted by molar-refractivity contribution is 5.10. The van der Waals surface area contributed by atoms with E-state index in [-0.39, 0.29) is 0 Å². The van der Waals surface area contributed by atoms with Crippen LogP contribution in [0.2, 0.25) is 0 Å². The van der Waals surface area contributed by atoms with Crippen LogP contribution in [0.15, 0.2) is 41.1 Å². The van der Waals surface area contributed by atoms with Crippen LogP contribution in [0.5, 0.6) is 0 Å². The molecule has 2 rings (SSSR count). The third-order valence-electron chi connectivity index (χ3n) is 3.03. The van der Waals surface area contributed by atoms with Crippen LogP contribution in [-0.2, 0) is 19.6 Å². The number of nitrogens with one attached hydrogen (secondary N) is 1. The maximum Gasteiger partial charge on any atom is 0.118 e. The Morgan fingerprint density at radius 1 is 1.10 bits per heavy atom. The molecule has 1 N–H and O–H groups in total. The van der Waals surface area contributed by atoms with Crippen molar-refractivity contribution >= 4 is 0 Å². The number of furan rings is 1. The maximum absolute atomic E-state index is 5.83. The van der Waals surface area contributed by atoms with Gasteiger partial charge in [-0.05, 0) is 36.9 Å². The first-order valence-electron chi connectivity index (χ1n) is 7.02. The molecule has 0 aliphatic rings. The van der Waals surface area contributed by atoms with Gasteiger partial charge in [0.15, 0.2) is 0 Å². The number of aromatic nitrogens is 1. The van der Waals surface area contributed by atoms with Gasteiger partial charge >= 0.3 is 0 Å². The molecule has 0 radical (unpaired) electrons. The van der Waals surface area contributed by atoms with Gasteiger partial charge in [0.1, 0.15) is 11.5 Å². The van der Waals surface area contributed by atoms with Crippen LogP contribution >= 0.6 is 0 Å². The third kappa shape index (κ3) is 4.79. The van der Waals surface area contributed by atoms with Crippen LogP contribution in [0.25, 0.3) is 0 Å². The highest BCUT2D eigenvalue weighted by Gasteiger charge is 2.06. The van der Waals surface area contributed by atoms with E-state index in [0.717, 1.165) is 31.2 Å². The summed E-state index contributed by atoms with van der Waals surface area (Å²) in [6, 6.07) is 8.65. The van der Waals surface area contributed by atoms with E-state index in [0.29, 0.717) is 6.04 Å². The highest BCUT2D eigenvalue weighted by Crippen LogP contribution is 2.12. The van der Waals surface area contributed by atoms with Crippen LogP contribution < -0.4 is 5.32 Å². The molecule has 0 spiro atoms. The van der Waals surface area contributed by atoms with Crippen molar-refractivity contribution < 1.29 is 4.42 Å². The molecule has 0 fully saturated rings. The molecule has 4 nitrogen and oxygen atoms in total. The molecule has 0 amide bonds. The van der Waals surface area contributed by atoms with Gasteiger partial charge in [-0.15, -0.1) is 0 Å². The molecule has 0 unspecified atom stereocenters. The van der Waals surface area contributed by atoms with E-state index >= 15 is 0 Å². The molecule has 108 valence electrons. The molecular weight excluding hydrogens is 250 g/mol. The zero-order chi connectivity index (χ0) is 14.4. The second kappa shape index (κ2) is 7.22. The largest absolute Gasteiger partial charge is 0.463 e. The molecule has 2 aromatic heterocycles. The second-order valence-electron chi connectivity index (χ2n) is 5.43. The van der Waals surface area contributed by atoms with E-state index < -0.39 is 0 Å². The fourth-order valence-electron chi connectivity index (χ4n) is 2.03. The first kappa shape index (κ1) is 14.8. The molecule has 20 heavy (non-hydrogen) atoms. The molecule has 4 heteroatoms. The van der Waals surface area contributed by atoms with Crippen LogP contribution in [0.4, 0.5) is 0 Å². The summed E-state index contributed by atoms with van der Waals surface area (Å²) in [5.74, 6) is 1.99. The lowest BCUT2D eigenvalue weighted by Crippen LogP contribution is -2.21. The van der Waals surface area contributed by atoms with E-state index in [1.54, 1.807) is 0 Å². The van der Waals surface area contributed by atoms with Gasteiger partial charge in [0.25, 0.3) is 0 Å². The van der Waals surface area contributed by atoms with Crippen molar-refractivity contribution in [3.8, 4) is 0 Å². The minimum absolute atomic E-state index is 0.470. The summed E-state index contributed by atoms with van der Waals surface area (Å²) >= 11 is 0. The molecule has 0 atom stereocenters. The normalized spacial score (nSPS) is 11.4. The Hall–Kier alpha value is -1.65. The molecule has 0 bridgehead atoms. The van der Waals surface area contributed by atoms with Crippen molar-refractivity contribution in [1.29, 1.82) is 0 Å². The van der Waals surface area contributed by atoms with E-state index in [2.05, 4.69) is 42.2 Å². The number of rotatable bonds is 7. The van der Waals surface area contributed by atoms with Gasteiger partial charge in [0.2, 0.25) is 0 Å². The predicted molar refractivity (Wildman–Crippen MR) is 80.1 cm³/mol. The first-order valence-corrected chi connectivity index (χ1v) is 7.02. The van der Waals surface area contributed by atoms with E-state index in [1.807, 2.05) is 30.6 Å². The Balaban J connectivity index is 1.83. The van der Waals surface area contributed by atoms with E-state index in [4.69, 9.17) is 4.42 Å². The summed E-state index contributed by atoms with van der Waals surface area (Å²) in [4.78, 5) is 6.26. The van der Waals surface area contributed by atoms with Crippen LogP contribution in [-0.4, -0.2) is 23.0 Å². The van der Waals surface area contributed by atoms with Crippen molar-refractivity contribution in [2.24, 2.45) is 0 Å². The van der Waals surface area contributed by atoms with Crippen molar-refractivity contribution in [2.75, 3.05) is 7.05 Å². The smallest absolute Gasteiger partial charge is 0.118 e. The van der Waals surface area contributed by atoms with Crippen LogP contribution in [0.3, 0.4) is 0 Å². The lowest BCUT2D eigenvalue weighted by Gasteiger charge is -2.14. The zero-order valence-corrected chi connectivity index (χ0v) is 12.5. The molecule has 2 heterocycles. The molecule has 2 aromatic rings. The van der Waals surface area contributed by atoms with Gasteiger partial charge < -0.3 is 9.73 Å². The van der Waals surface area contributed by atoms with Gasteiger partial charge in [-0.3, -0.25) is 9.88 Å². The van der Waals surface area contributed by atoms with Gasteiger partial charge in [0, 0.05) is 25.0 Å². The summed E-state index contributed by atoms with van der Waals surface area (Å²) in [5, 5.41) is 3.35. The molecule has 0 aliphatic heterocycles.